The number of hydrogen-bond donors (Lipinski definition) is 1. The van der Waals surface area contributed by atoms with Gasteiger partial charge in [-0.25, -0.2) is 4.98 Å². The molecule has 2 atom stereocenters. The summed E-state index contributed by atoms with van der Waals surface area (Å²) in [7, 11) is 5.79. The van der Waals surface area contributed by atoms with Crippen LogP contribution in [0.4, 0.5) is 0 Å². The van der Waals surface area contributed by atoms with Crippen molar-refractivity contribution >= 4 is 0 Å². The van der Waals surface area contributed by atoms with Gasteiger partial charge in [0.2, 0.25) is 0 Å². The molecule has 92 valence electrons. The monoisotopic (exact) mass is 225 g/mol. The zero-order valence-electron chi connectivity index (χ0n) is 10.7. The first-order valence-corrected chi connectivity index (χ1v) is 5.89. The molecule has 0 aliphatic carbocycles. The van der Waals surface area contributed by atoms with E-state index in [1.807, 2.05) is 26.5 Å². The molecule has 1 N–H and O–H groups in total. The lowest BCUT2D eigenvalue weighted by atomic mass is 10.0. The van der Waals surface area contributed by atoms with Gasteiger partial charge in [0, 0.05) is 39.0 Å². The normalized spacial score (nSPS) is 15.0. The summed E-state index contributed by atoms with van der Waals surface area (Å²) in [5, 5.41) is 3.33. The number of ether oxygens (including phenoxy) is 1. The number of methoxy groups -OCH3 is 1. The van der Waals surface area contributed by atoms with Crippen molar-refractivity contribution in [3.8, 4) is 0 Å². The number of aromatic nitrogens is 2. The fraction of sp³-hybridized carbons (Fsp3) is 0.750. The predicted molar refractivity (Wildman–Crippen MR) is 65.5 cm³/mol. The highest BCUT2D eigenvalue weighted by atomic mass is 16.5. The van der Waals surface area contributed by atoms with Gasteiger partial charge in [-0.2, -0.15) is 0 Å². The topological polar surface area (TPSA) is 39.1 Å². The molecule has 0 fully saturated rings. The van der Waals surface area contributed by atoms with Gasteiger partial charge in [-0.05, 0) is 13.5 Å². The zero-order chi connectivity index (χ0) is 12.0. The molecule has 4 nitrogen and oxygen atoms in total. The zero-order valence-corrected chi connectivity index (χ0v) is 10.7. The van der Waals surface area contributed by atoms with Gasteiger partial charge in [0.1, 0.15) is 5.82 Å². The Bertz CT molecular complexity index is 298. The second-order valence-corrected chi connectivity index (χ2v) is 4.12. The van der Waals surface area contributed by atoms with E-state index in [0.29, 0.717) is 6.04 Å². The lowest BCUT2D eigenvalue weighted by Gasteiger charge is -2.25. The molecule has 0 spiro atoms. The largest absolute Gasteiger partial charge is 0.380 e. The molecule has 0 saturated heterocycles. The Balaban J connectivity index is 2.63. The molecule has 0 amide bonds. The summed E-state index contributed by atoms with van der Waals surface area (Å²) in [6.45, 7) is 2.18. The Morgan fingerprint density at radius 3 is 2.75 bits per heavy atom. The van der Waals surface area contributed by atoms with Crippen LogP contribution in [-0.4, -0.2) is 35.9 Å². The summed E-state index contributed by atoms with van der Waals surface area (Å²) < 4.78 is 7.59. The maximum Gasteiger partial charge on any atom is 0.110 e. The van der Waals surface area contributed by atoms with Gasteiger partial charge < -0.3 is 14.6 Å². The number of nitrogens with zero attached hydrogens (tertiary/aromatic N) is 2. The van der Waals surface area contributed by atoms with Crippen molar-refractivity contribution in [2.75, 3.05) is 14.2 Å². The molecule has 2 unspecified atom stereocenters. The fourth-order valence-corrected chi connectivity index (χ4v) is 1.98. The number of nitrogens with one attached hydrogen (secondary N) is 1. The second-order valence-electron chi connectivity index (χ2n) is 4.12. The van der Waals surface area contributed by atoms with Crippen LogP contribution in [0.3, 0.4) is 0 Å². The van der Waals surface area contributed by atoms with Crippen LogP contribution in [-0.2, 0) is 18.2 Å². The Morgan fingerprint density at radius 2 is 2.31 bits per heavy atom. The molecule has 0 aliphatic rings. The first kappa shape index (κ1) is 13.2. The van der Waals surface area contributed by atoms with Crippen molar-refractivity contribution in [3.05, 3.63) is 18.2 Å². The van der Waals surface area contributed by atoms with Crippen LogP contribution in [0, 0.1) is 0 Å². The van der Waals surface area contributed by atoms with E-state index in [-0.39, 0.29) is 6.10 Å². The fourth-order valence-electron chi connectivity index (χ4n) is 1.98. The van der Waals surface area contributed by atoms with Crippen LogP contribution in [0.15, 0.2) is 12.4 Å². The molecule has 0 bridgehead atoms. The highest BCUT2D eigenvalue weighted by Gasteiger charge is 2.20. The average Bonchev–Trinajstić information content (AvgIpc) is 2.69. The quantitative estimate of drug-likeness (QED) is 0.761. The number of likely N-dealkylation sites (N-methyl/N-ethyl adjacent to an activating group) is 1. The second kappa shape index (κ2) is 6.66. The van der Waals surface area contributed by atoms with Crippen molar-refractivity contribution in [1.82, 2.24) is 14.9 Å². The molecule has 4 heteroatoms. The number of aryl methyl sites for hydroxylation is 1. The van der Waals surface area contributed by atoms with E-state index in [4.69, 9.17) is 4.74 Å². The van der Waals surface area contributed by atoms with Gasteiger partial charge >= 0.3 is 0 Å². The number of hydrogen-bond acceptors (Lipinski definition) is 3. The van der Waals surface area contributed by atoms with E-state index in [2.05, 4.69) is 21.8 Å². The SMILES string of the molecule is CCCC(OC)C(Cc1nccn1C)NC. The smallest absolute Gasteiger partial charge is 0.110 e. The van der Waals surface area contributed by atoms with E-state index >= 15 is 0 Å². The van der Waals surface area contributed by atoms with Crippen LogP contribution >= 0.6 is 0 Å². The Morgan fingerprint density at radius 1 is 1.56 bits per heavy atom. The lowest BCUT2D eigenvalue weighted by molar-refractivity contribution is 0.0625. The van der Waals surface area contributed by atoms with Gasteiger partial charge in [0.15, 0.2) is 0 Å². The minimum absolute atomic E-state index is 0.256. The first-order chi connectivity index (χ1) is 7.72. The summed E-state index contributed by atoms with van der Waals surface area (Å²) in [6, 6.07) is 0.325. The van der Waals surface area contributed by atoms with Gasteiger partial charge in [-0.3, -0.25) is 0 Å². The van der Waals surface area contributed by atoms with Gasteiger partial charge in [0.25, 0.3) is 0 Å². The Kier molecular flexibility index (Phi) is 5.49. The minimum atomic E-state index is 0.256. The van der Waals surface area contributed by atoms with Gasteiger partial charge in [-0.15, -0.1) is 0 Å². The van der Waals surface area contributed by atoms with Crippen molar-refractivity contribution in [2.24, 2.45) is 7.05 Å². The maximum atomic E-state index is 5.53. The third-order valence-electron chi connectivity index (χ3n) is 3.02. The van der Waals surface area contributed by atoms with Crippen LogP contribution in [0.1, 0.15) is 25.6 Å². The summed E-state index contributed by atoms with van der Waals surface area (Å²) in [5.74, 6) is 1.09. The number of imidazole rings is 1. The minimum Gasteiger partial charge on any atom is -0.380 e. The van der Waals surface area contributed by atoms with E-state index in [1.54, 1.807) is 7.11 Å². The lowest BCUT2D eigenvalue weighted by Crippen LogP contribution is -2.41. The predicted octanol–water partition coefficient (Wildman–Crippen LogP) is 1.37. The molecule has 0 aromatic carbocycles. The molecule has 1 aromatic rings. The third-order valence-corrected chi connectivity index (χ3v) is 3.02. The van der Waals surface area contributed by atoms with Crippen molar-refractivity contribution in [3.63, 3.8) is 0 Å². The molecule has 0 saturated carbocycles. The highest BCUT2D eigenvalue weighted by molar-refractivity contribution is 4.96. The van der Waals surface area contributed by atoms with Crippen molar-refractivity contribution in [2.45, 2.75) is 38.3 Å². The maximum absolute atomic E-state index is 5.53. The highest BCUT2D eigenvalue weighted by Crippen LogP contribution is 2.10. The van der Waals surface area contributed by atoms with E-state index in [0.717, 1.165) is 25.1 Å². The van der Waals surface area contributed by atoms with Crippen LogP contribution < -0.4 is 5.32 Å². The van der Waals surface area contributed by atoms with E-state index in [9.17, 15) is 0 Å². The summed E-state index contributed by atoms with van der Waals surface area (Å²) in [6.07, 6.45) is 7.18. The van der Waals surface area contributed by atoms with Gasteiger partial charge in [0.05, 0.1) is 6.10 Å². The standard InChI is InChI=1S/C12H23N3O/c1-5-6-11(16-4)10(13-2)9-12-14-7-8-15(12)3/h7-8,10-11,13H,5-6,9H2,1-4H3. The molecule has 0 radical (unpaired) electrons. The Labute approximate surface area is 98.0 Å². The van der Waals surface area contributed by atoms with E-state index < -0.39 is 0 Å². The molecule has 1 aromatic heterocycles. The molecular weight excluding hydrogens is 202 g/mol. The van der Waals surface area contributed by atoms with Crippen LogP contribution in [0.2, 0.25) is 0 Å². The molecule has 16 heavy (non-hydrogen) atoms. The number of rotatable bonds is 7. The van der Waals surface area contributed by atoms with E-state index in [1.165, 1.54) is 0 Å². The summed E-state index contributed by atoms with van der Waals surface area (Å²) >= 11 is 0. The summed E-state index contributed by atoms with van der Waals surface area (Å²) in [4.78, 5) is 4.35. The first-order valence-electron chi connectivity index (χ1n) is 5.89. The van der Waals surface area contributed by atoms with Crippen molar-refractivity contribution in [1.29, 1.82) is 0 Å². The summed E-state index contributed by atoms with van der Waals surface area (Å²) in [5.41, 5.74) is 0. The molecule has 0 aliphatic heterocycles. The van der Waals surface area contributed by atoms with Crippen LogP contribution in [0.25, 0.3) is 0 Å². The average molecular weight is 225 g/mol. The Hall–Kier alpha value is -0.870. The molecule has 1 heterocycles. The molecule has 1 rings (SSSR count). The van der Waals surface area contributed by atoms with Gasteiger partial charge in [-0.1, -0.05) is 13.3 Å². The third kappa shape index (κ3) is 3.32. The van der Waals surface area contributed by atoms with Crippen molar-refractivity contribution < 1.29 is 4.74 Å². The van der Waals surface area contributed by atoms with Crippen LogP contribution in [0.5, 0.6) is 0 Å². The molecular formula is C12H23N3O.